The summed E-state index contributed by atoms with van der Waals surface area (Å²) < 4.78 is 5.86. The lowest BCUT2D eigenvalue weighted by Crippen LogP contribution is -2.38. The van der Waals surface area contributed by atoms with Gasteiger partial charge in [0.05, 0.1) is 16.6 Å². The minimum atomic E-state index is -0.309. The van der Waals surface area contributed by atoms with E-state index in [2.05, 4.69) is 21.6 Å². The van der Waals surface area contributed by atoms with Crippen LogP contribution in [0.1, 0.15) is 35.0 Å². The Morgan fingerprint density at radius 2 is 2.26 bits per heavy atom. The molecule has 6 nitrogen and oxygen atoms in total. The Labute approximate surface area is 167 Å². The predicted octanol–water partition coefficient (Wildman–Crippen LogP) is 4.96. The maximum atomic E-state index is 11.9. The van der Waals surface area contributed by atoms with Gasteiger partial charge in [0.25, 0.3) is 0 Å². The van der Waals surface area contributed by atoms with Crippen molar-refractivity contribution >= 4 is 34.7 Å². The van der Waals surface area contributed by atoms with E-state index in [-0.39, 0.29) is 18.6 Å². The van der Waals surface area contributed by atoms with Crippen LogP contribution in [-0.4, -0.2) is 40.9 Å². The summed E-state index contributed by atoms with van der Waals surface area (Å²) in [6.07, 6.45) is 4.36. The number of aryl methyl sites for hydroxylation is 2. The third-order valence-electron chi connectivity index (χ3n) is 4.67. The van der Waals surface area contributed by atoms with Crippen molar-refractivity contribution in [3.8, 4) is 0 Å². The van der Waals surface area contributed by atoms with Crippen LogP contribution in [-0.2, 0) is 17.6 Å². The molecule has 0 unspecified atom stereocenters. The summed E-state index contributed by atoms with van der Waals surface area (Å²) >= 11 is 7.54. The number of halogens is 1. The van der Waals surface area contributed by atoms with E-state index in [0.717, 1.165) is 41.4 Å². The molecule has 27 heavy (non-hydrogen) atoms. The van der Waals surface area contributed by atoms with Crippen LogP contribution < -0.4 is 0 Å². The van der Waals surface area contributed by atoms with E-state index >= 15 is 0 Å². The van der Waals surface area contributed by atoms with Gasteiger partial charge < -0.3 is 9.64 Å². The number of nitrogens with one attached hydrogen (secondary N) is 1. The molecule has 0 aliphatic carbocycles. The van der Waals surface area contributed by atoms with Gasteiger partial charge in [0.2, 0.25) is 5.69 Å². The van der Waals surface area contributed by atoms with E-state index in [0.29, 0.717) is 18.8 Å². The molecule has 0 radical (unpaired) electrons. The molecule has 0 atom stereocenters. The van der Waals surface area contributed by atoms with Crippen LogP contribution in [0, 0.1) is 6.57 Å². The number of aromatic amines is 1. The van der Waals surface area contributed by atoms with Gasteiger partial charge in [0.1, 0.15) is 6.61 Å². The Morgan fingerprint density at radius 3 is 2.89 bits per heavy atom. The molecule has 0 saturated carbocycles. The molecular formula is C19H21ClN4O2S. The average Bonchev–Trinajstić information content (AvgIpc) is 3.30. The molecule has 3 rings (SSSR count). The highest BCUT2D eigenvalue weighted by Crippen LogP contribution is 2.36. The van der Waals surface area contributed by atoms with E-state index in [9.17, 15) is 4.79 Å². The average molecular weight is 405 g/mol. The number of likely N-dealkylation sites (tertiary alicyclic amines) is 1. The molecule has 0 aromatic carbocycles. The van der Waals surface area contributed by atoms with Crippen LogP contribution in [0.3, 0.4) is 0 Å². The van der Waals surface area contributed by atoms with Gasteiger partial charge in [-0.3, -0.25) is 5.10 Å². The zero-order valence-corrected chi connectivity index (χ0v) is 16.5. The molecule has 2 aromatic rings. The molecule has 1 aliphatic rings. The summed E-state index contributed by atoms with van der Waals surface area (Å²) in [5, 5.41) is 7.49. The summed E-state index contributed by atoms with van der Waals surface area (Å²) in [5.41, 5.74) is 2.33. The lowest BCUT2D eigenvalue weighted by Gasteiger charge is -2.30. The highest BCUT2D eigenvalue weighted by molar-refractivity contribution is 7.16. The van der Waals surface area contributed by atoms with Gasteiger partial charge >= 0.3 is 6.09 Å². The van der Waals surface area contributed by atoms with Crippen LogP contribution in [0.25, 0.3) is 4.85 Å². The topological polar surface area (TPSA) is 62.6 Å². The van der Waals surface area contributed by atoms with Gasteiger partial charge in [0.15, 0.2) is 0 Å². The van der Waals surface area contributed by atoms with E-state index in [1.807, 2.05) is 12.1 Å². The summed E-state index contributed by atoms with van der Waals surface area (Å²) in [6.45, 7) is 12.6. The Hall–Kier alpha value is -2.30. The highest BCUT2D eigenvalue weighted by Gasteiger charge is 2.28. The Balaban J connectivity index is 1.61. The van der Waals surface area contributed by atoms with Crippen LogP contribution in [0.2, 0.25) is 4.34 Å². The van der Waals surface area contributed by atoms with Crippen molar-refractivity contribution in [3.05, 3.63) is 56.8 Å². The number of aromatic nitrogens is 2. The Bertz CT molecular complexity index is 846. The number of hydrogen-bond acceptors (Lipinski definition) is 4. The zero-order chi connectivity index (χ0) is 19.2. The standard InChI is InChI=1S/C19H21ClN4O2S/c1-3-12-26-19(25)24-10-8-13(9-11-24)17-18(21-2)15(22-23-17)6-4-14-5-7-16(20)27-14/h3,5,7,13H,1,4,6,8-12H2,(H,22,23). The fraction of sp³-hybridized carbons (Fsp3) is 0.421. The molecule has 1 N–H and O–H groups in total. The van der Waals surface area contributed by atoms with Gasteiger partial charge in [-0.25, -0.2) is 9.64 Å². The van der Waals surface area contributed by atoms with Crippen LogP contribution in [0.4, 0.5) is 10.5 Å². The van der Waals surface area contributed by atoms with Gasteiger partial charge in [-0.1, -0.05) is 24.3 Å². The summed E-state index contributed by atoms with van der Waals surface area (Å²) in [4.78, 5) is 18.6. The number of ether oxygens (including phenoxy) is 1. The molecule has 1 fully saturated rings. The van der Waals surface area contributed by atoms with Crippen molar-refractivity contribution in [1.29, 1.82) is 0 Å². The van der Waals surface area contributed by atoms with Crippen molar-refractivity contribution in [2.24, 2.45) is 0 Å². The highest BCUT2D eigenvalue weighted by atomic mass is 35.5. The molecule has 0 spiro atoms. The first-order valence-corrected chi connectivity index (χ1v) is 10.0. The quantitative estimate of drug-likeness (QED) is 0.546. The van der Waals surface area contributed by atoms with Gasteiger partial charge in [-0.05, 0) is 43.7 Å². The maximum absolute atomic E-state index is 11.9. The second-order valence-electron chi connectivity index (χ2n) is 6.38. The number of nitrogens with zero attached hydrogens (tertiary/aromatic N) is 3. The molecule has 3 heterocycles. The first kappa shape index (κ1) is 19.5. The number of hydrogen-bond donors (Lipinski definition) is 1. The van der Waals surface area contributed by atoms with Crippen molar-refractivity contribution in [2.75, 3.05) is 19.7 Å². The van der Waals surface area contributed by atoms with Crippen molar-refractivity contribution in [3.63, 3.8) is 0 Å². The minimum Gasteiger partial charge on any atom is -0.445 e. The molecule has 2 aromatic heterocycles. The Morgan fingerprint density at radius 1 is 1.48 bits per heavy atom. The van der Waals surface area contributed by atoms with E-state index < -0.39 is 0 Å². The fourth-order valence-electron chi connectivity index (χ4n) is 3.26. The van der Waals surface area contributed by atoms with Crippen LogP contribution in [0.5, 0.6) is 0 Å². The summed E-state index contributed by atoms with van der Waals surface area (Å²) in [6, 6.07) is 3.91. The predicted molar refractivity (Wildman–Crippen MR) is 107 cm³/mol. The van der Waals surface area contributed by atoms with Crippen LogP contribution >= 0.6 is 22.9 Å². The van der Waals surface area contributed by atoms with E-state index in [1.165, 1.54) is 4.88 Å². The van der Waals surface area contributed by atoms with Gasteiger partial charge in [-0.2, -0.15) is 5.10 Å². The number of piperidine rings is 1. The third kappa shape index (κ3) is 4.71. The monoisotopic (exact) mass is 404 g/mol. The normalized spacial score (nSPS) is 14.7. The first-order chi connectivity index (χ1) is 13.1. The SMILES string of the molecule is [C-]#[N+]c1c(C2CCN(C(=O)OCC=C)CC2)n[nH]c1CCc1ccc(Cl)s1. The molecule has 1 aliphatic heterocycles. The van der Waals surface area contributed by atoms with Crippen molar-refractivity contribution in [1.82, 2.24) is 15.1 Å². The summed E-state index contributed by atoms with van der Waals surface area (Å²) in [7, 11) is 0. The largest absolute Gasteiger partial charge is 0.445 e. The number of amides is 1. The van der Waals surface area contributed by atoms with E-state index in [1.54, 1.807) is 22.3 Å². The third-order valence-corrected chi connectivity index (χ3v) is 5.96. The molecule has 1 saturated heterocycles. The maximum Gasteiger partial charge on any atom is 0.410 e. The zero-order valence-electron chi connectivity index (χ0n) is 14.9. The van der Waals surface area contributed by atoms with Crippen LogP contribution in [0.15, 0.2) is 24.8 Å². The second-order valence-corrected chi connectivity index (χ2v) is 8.18. The lowest BCUT2D eigenvalue weighted by atomic mass is 9.92. The minimum absolute atomic E-state index is 0.179. The van der Waals surface area contributed by atoms with Crippen molar-refractivity contribution in [2.45, 2.75) is 31.6 Å². The van der Waals surface area contributed by atoms with E-state index in [4.69, 9.17) is 22.9 Å². The number of carbonyl (C=O) groups excluding carboxylic acids is 1. The molecule has 1 amide bonds. The number of H-pyrrole nitrogens is 1. The molecule has 8 heteroatoms. The fourth-order valence-corrected chi connectivity index (χ4v) is 4.35. The first-order valence-electron chi connectivity index (χ1n) is 8.83. The number of carbonyl (C=O) groups is 1. The van der Waals surface area contributed by atoms with Gasteiger partial charge in [-0.15, -0.1) is 11.3 Å². The Kier molecular flexibility index (Phi) is 6.54. The lowest BCUT2D eigenvalue weighted by molar-refractivity contribution is 0.102. The van der Waals surface area contributed by atoms with Gasteiger partial charge in [0, 0.05) is 23.7 Å². The molecular weight excluding hydrogens is 384 g/mol. The van der Waals surface area contributed by atoms with Crippen molar-refractivity contribution < 1.29 is 9.53 Å². The number of rotatable bonds is 6. The molecule has 0 bridgehead atoms. The number of thiophene rings is 1. The summed E-state index contributed by atoms with van der Waals surface area (Å²) in [5.74, 6) is 0.179. The molecule has 142 valence electrons. The smallest absolute Gasteiger partial charge is 0.410 e. The second kappa shape index (κ2) is 9.07.